The van der Waals surface area contributed by atoms with Crippen LogP contribution < -0.4 is 21.7 Å². The van der Waals surface area contributed by atoms with Crippen molar-refractivity contribution in [2.24, 2.45) is 0 Å². The molecular formula is C35H43BrCl2N4O3. The number of benzene rings is 3. The summed E-state index contributed by atoms with van der Waals surface area (Å²) in [5, 5.41) is 11.0. The molecule has 0 atom stereocenters. The van der Waals surface area contributed by atoms with Crippen LogP contribution in [-0.4, -0.2) is 30.6 Å². The van der Waals surface area contributed by atoms with Crippen LogP contribution >= 0.6 is 39.1 Å². The number of carbonyl (C=O) groups excluding carboxylic acids is 2. The van der Waals surface area contributed by atoms with E-state index in [0.717, 1.165) is 40.5 Å². The Labute approximate surface area is 285 Å². The summed E-state index contributed by atoms with van der Waals surface area (Å²) in [7, 11) is 0. The third-order valence-corrected chi connectivity index (χ3v) is 9.85. The molecule has 0 unspecified atom stereocenters. The number of nitrogen functional groups attached to an aromatic ring is 1. The number of halogens is 3. The normalized spacial score (nSPS) is 14.1. The van der Waals surface area contributed by atoms with E-state index in [1.54, 1.807) is 24.3 Å². The lowest BCUT2D eigenvalue weighted by atomic mass is 9.79. The summed E-state index contributed by atoms with van der Waals surface area (Å²) in [6.45, 7) is 3.73. The maximum atomic E-state index is 12.9. The third-order valence-electron chi connectivity index (χ3n) is 8.56. The molecule has 1 aliphatic rings. The van der Waals surface area contributed by atoms with Gasteiger partial charge in [-0.05, 0) is 95.9 Å². The van der Waals surface area contributed by atoms with Gasteiger partial charge in [0.1, 0.15) is 0 Å². The van der Waals surface area contributed by atoms with Crippen LogP contribution in [0.4, 0.5) is 17.1 Å². The molecule has 5 N–H and O–H groups in total. The Morgan fingerprint density at radius 3 is 2.42 bits per heavy atom. The Hall–Kier alpha value is -2.78. The topological polar surface area (TPSA) is 105 Å². The SMILES string of the molecule is CCC1(NCc2cc(C(=O)NCCCCCOC(=O)Cc3ccccc3Nc3c(Cl)cccc3Cl)cc(Br)c2N)CCCCC1. The standard InChI is InChI=1S/C35H43BrCl2N4O3/c1-2-35(16-7-3-8-17-35)41-23-26-20-25(21-27(36)32(26)39)34(44)40-18-9-4-10-19-45-31(43)22-24-12-5-6-15-30(24)42-33-28(37)13-11-14-29(33)38/h5-6,11-15,20-21,41-42H,2-4,7-10,16-19,22-23,39H2,1H3,(H,40,44). The van der Waals surface area contributed by atoms with E-state index in [2.05, 4.69) is 38.8 Å². The molecule has 1 fully saturated rings. The molecule has 4 rings (SSSR count). The predicted molar refractivity (Wildman–Crippen MR) is 189 cm³/mol. The largest absolute Gasteiger partial charge is 0.465 e. The monoisotopic (exact) mass is 716 g/mol. The summed E-state index contributed by atoms with van der Waals surface area (Å²) in [6, 6.07) is 16.4. The second kappa shape index (κ2) is 17.2. The Morgan fingerprint density at radius 2 is 1.69 bits per heavy atom. The highest BCUT2D eigenvalue weighted by atomic mass is 79.9. The summed E-state index contributed by atoms with van der Waals surface area (Å²) in [4.78, 5) is 25.5. The van der Waals surface area contributed by atoms with Crippen LogP contribution in [0.15, 0.2) is 59.1 Å². The first-order valence-electron chi connectivity index (χ1n) is 15.8. The van der Waals surface area contributed by atoms with Crippen molar-refractivity contribution in [1.29, 1.82) is 0 Å². The number of nitrogens with one attached hydrogen (secondary N) is 3. The number of unbranched alkanes of at least 4 members (excludes halogenated alkanes) is 2. The maximum Gasteiger partial charge on any atom is 0.310 e. The molecule has 1 amide bonds. The molecule has 3 aromatic carbocycles. The summed E-state index contributed by atoms with van der Waals surface area (Å²) < 4.78 is 6.22. The Balaban J connectivity index is 1.17. The van der Waals surface area contributed by atoms with Gasteiger partial charge in [0.2, 0.25) is 0 Å². The van der Waals surface area contributed by atoms with Gasteiger partial charge in [-0.25, -0.2) is 0 Å². The van der Waals surface area contributed by atoms with Crippen LogP contribution in [0, 0.1) is 0 Å². The van der Waals surface area contributed by atoms with Crippen molar-refractivity contribution in [3.8, 4) is 0 Å². The van der Waals surface area contributed by atoms with Crippen molar-refractivity contribution in [2.45, 2.75) is 83.2 Å². The van der Waals surface area contributed by atoms with E-state index >= 15 is 0 Å². The fourth-order valence-electron chi connectivity index (χ4n) is 5.77. The van der Waals surface area contributed by atoms with E-state index in [1.807, 2.05) is 30.3 Å². The number of anilines is 3. The van der Waals surface area contributed by atoms with Crippen molar-refractivity contribution in [3.63, 3.8) is 0 Å². The Bertz CT molecular complexity index is 1440. The highest BCUT2D eigenvalue weighted by Gasteiger charge is 2.29. The average Bonchev–Trinajstić information content (AvgIpc) is 3.04. The number of hydrogen-bond donors (Lipinski definition) is 4. The van der Waals surface area contributed by atoms with Gasteiger partial charge in [-0.3, -0.25) is 9.59 Å². The molecule has 10 heteroatoms. The third kappa shape index (κ3) is 10.1. The van der Waals surface area contributed by atoms with Gasteiger partial charge in [0.05, 0.1) is 34.4 Å². The van der Waals surface area contributed by atoms with Crippen LogP contribution in [0.2, 0.25) is 10.0 Å². The van der Waals surface area contributed by atoms with Gasteiger partial charge in [0, 0.05) is 34.4 Å². The highest BCUT2D eigenvalue weighted by Crippen LogP contribution is 2.34. The van der Waals surface area contributed by atoms with Gasteiger partial charge in [0.15, 0.2) is 0 Å². The minimum atomic E-state index is -0.310. The minimum Gasteiger partial charge on any atom is -0.465 e. The van der Waals surface area contributed by atoms with E-state index in [-0.39, 0.29) is 23.8 Å². The van der Waals surface area contributed by atoms with Crippen LogP contribution in [-0.2, 0) is 22.5 Å². The molecule has 7 nitrogen and oxygen atoms in total. The zero-order chi connectivity index (χ0) is 32.2. The number of ether oxygens (including phenoxy) is 1. The second-order valence-electron chi connectivity index (χ2n) is 11.7. The van der Waals surface area contributed by atoms with Crippen molar-refractivity contribution < 1.29 is 14.3 Å². The Morgan fingerprint density at radius 1 is 0.956 bits per heavy atom. The molecule has 0 aliphatic heterocycles. The number of para-hydroxylation sites is 2. The molecule has 1 aliphatic carbocycles. The van der Waals surface area contributed by atoms with E-state index in [0.29, 0.717) is 53.1 Å². The maximum absolute atomic E-state index is 12.9. The van der Waals surface area contributed by atoms with Crippen molar-refractivity contribution in [3.05, 3.63) is 85.8 Å². The van der Waals surface area contributed by atoms with Gasteiger partial charge >= 0.3 is 5.97 Å². The fraction of sp³-hybridized carbons (Fsp3) is 0.429. The van der Waals surface area contributed by atoms with E-state index in [9.17, 15) is 9.59 Å². The zero-order valence-corrected chi connectivity index (χ0v) is 28.9. The van der Waals surface area contributed by atoms with Crippen LogP contribution in [0.3, 0.4) is 0 Å². The molecule has 0 bridgehead atoms. The second-order valence-corrected chi connectivity index (χ2v) is 13.3. The van der Waals surface area contributed by atoms with Gasteiger partial charge < -0.3 is 26.4 Å². The highest BCUT2D eigenvalue weighted by molar-refractivity contribution is 9.10. The van der Waals surface area contributed by atoms with Crippen LogP contribution in [0.25, 0.3) is 0 Å². The van der Waals surface area contributed by atoms with Crippen molar-refractivity contribution >= 4 is 68.1 Å². The summed E-state index contributed by atoms with van der Waals surface area (Å²) in [5.41, 5.74) is 10.8. The quantitative estimate of drug-likeness (QED) is 0.0711. The molecule has 0 aromatic heterocycles. The zero-order valence-electron chi connectivity index (χ0n) is 25.8. The van der Waals surface area contributed by atoms with Gasteiger partial charge in [-0.1, -0.05) is 73.7 Å². The number of nitrogens with two attached hydrogens (primary N) is 1. The number of amides is 1. The predicted octanol–water partition coefficient (Wildman–Crippen LogP) is 8.97. The minimum absolute atomic E-state index is 0.120. The molecular weight excluding hydrogens is 675 g/mol. The molecule has 3 aromatic rings. The number of hydrogen-bond acceptors (Lipinski definition) is 6. The summed E-state index contributed by atoms with van der Waals surface area (Å²) in [5.74, 6) is -0.438. The lowest BCUT2D eigenvalue weighted by Gasteiger charge is -2.38. The van der Waals surface area contributed by atoms with Crippen LogP contribution in [0.5, 0.6) is 0 Å². The smallest absolute Gasteiger partial charge is 0.310 e. The lowest BCUT2D eigenvalue weighted by Crippen LogP contribution is -2.45. The Kier molecular flexibility index (Phi) is 13.4. The van der Waals surface area contributed by atoms with Gasteiger partial charge in [-0.2, -0.15) is 0 Å². The lowest BCUT2D eigenvalue weighted by molar-refractivity contribution is -0.142. The van der Waals surface area contributed by atoms with E-state index in [4.69, 9.17) is 33.7 Å². The average molecular weight is 719 g/mol. The number of esters is 1. The molecule has 0 radical (unpaired) electrons. The number of carbonyl (C=O) groups is 2. The molecule has 45 heavy (non-hydrogen) atoms. The fourth-order valence-corrected chi connectivity index (χ4v) is 6.76. The van der Waals surface area contributed by atoms with Crippen molar-refractivity contribution in [2.75, 3.05) is 24.2 Å². The van der Waals surface area contributed by atoms with Gasteiger partial charge in [-0.15, -0.1) is 0 Å². The first kappa shape index (κ1) is 35.1. The van der Waals surface area contributed by atoms with Gasteiger partial charge in [0.25, 0.3) is 5.91 Å². The molecule has 0 spiro atoms. The molecule has 1 saturated carbocycles. The summed E-state index contributed by atoms with van der Waals surface area (Å²) in [6.07, 6.45) is 9.65. The molecule has 0 saturated heterocycles. The summed E-state index contributed by atoms with van der Waals surface area (Å²) >= 11 is 16.1. The number of rotatable bonds is 15. The van der Waals surface area contributed by atoms with Crippen LogP contribution in [0.1, 0.15) is 86.2 Å². The molecule has 0 heterocycles. The first-order chi connectivity index (χ1) is 21.7. The van der Waals surface area contributed by atoms with E-state index < -0.39 is 0 Å². The molecule has 242 valence electrons. The first-order valence-corrected chi connectivity index (χ1v) is 17.3. The van der Waals surface area contributed by atoms with E-state index in [1.165, 1.54) is 32.1 Å². The van der Waals surface area contributed by atoms with Crippen molar-refractivity contribution in [1.82, 2.24) is 10.6 Å².